The lowest BCUT2D eigenvalue weighted by atomic mass is 9.79. The largest absolute Gasteiger partial charge is 0.488 e. The molecule has 14 heavy (non-hydrogen) atoms. The Balaban J connectivity index is 2.88. The Morgan fingerprint density at radius 1 is 1.29 bits per heavy atom. The molecule has 1 unspecified atom stereocenters. The fourth-order valence-electron chi connectivity index (χ4n) is 1.10. The van der Waals surface area contributed by atoms with E-state index in [1.807, 2.05) is 0 Å². The second kappa shape index (κ2) is 4.26. The molecule has 0 spiro atoms. The van der Waals surface area contributed by atoms with E-state index in [-0.39, 0.29) is 0 Å². The molecule has 0 bridgehead atoms. The van der Waals surface area contributed by atoms with E-state index in [2.05, 4.69) is 0 Å². The highest BCUT2D eigenvalue weighted by atomic mass is 16.4. The monoisotopic (exact) mass is 194 g/mol. The van der Waals surface area contributed by atoms with Crippen molar-refractivity contribution in [1.29, 1.82) is 0 Å². The van der Waals surface area contributed by atoms with Gasteiger partial charge in [0.05, 0.1) is 5.92 Å². The Morgan fingerprint density at radius 2 is 1.79 bits per heavy atom. The van der Waals surface area contributed by atoms with Crippen molar-refractivity contribution in [3.8, 4) is 0 Å². The predicted molar refractivity (Wildman–Crippen MR) is 52.3 cm³/mol. The minimum atomic E-state index is -1.51. The minimum Gasteiger partial charge on any atom is -0.481 e. The average molecular weight is 194 g/mol. The van der Waals surface area contributed by atoms with Crippen molar-refractivity contribution in [2.24, 2.45) is 0 Å². The molecule has 0 radical (unpaired) electrons. The fourth-order valence-corrected chi connectivity index (χ4v) is 1.10. The summed E-state index contributed by atoms with van der Waals surface area (Å²) < 4.78 is 0. The van der Waals surface area contributed by atoms with Crippen molar-refractivity contribution >= 4 is 18.6 Å². The van der Waals surface area contributed by atoms with Crippen LogP contribution in [-0.2, 0) is 4.79 Å². The van der Waals surface area contributed by atoms with Crippen molar-refractivity contribution in [1.82, 2.24) is 0 Å². The summed E-state index contributed by atoms with van der Waals surface area (Å²) in [6.07, 6.45) is 0. The van der Waals surface area contributed by atoms with E-state index in [9.17, 15) is 4.79 Å². The number of aliphatic carboxylic acids is 1. The van der Waals surface area contributed by atoms with Gasteiger partial charge in [-0.05, 0) is 17.9 Å². The molecule has 1 aromatic rings. The molecule has 1 atom stereocenters. The molecule has 0 fully saturated rings. The van der Waals surface area contributed by atoms with Gasteiger partial charge >= 0.3 is 13.1 Å². The summed E-state index contributed by atoms with van der Waals surface area (Å²) in [5, 5.41) is 26.3. The van der Waals surface area contributed by atoms with Crippen LogP contribution in [0.4, 0.5) is 0 Å². The zero-order chi connectivity index (χ0) is 10.7. The van der Waals surface area contributed by atoms with Gasteiger partial charge in [-0.15, -0.1) is 0 Å². The first-order valence-corrected chi connectivity index (χ1v) is 4.21. The van der Waals surface area contributed by atoms with E-state index in [0.717, 1.165) is 0 Å². The predicted octanol–water partition coefficient (Wildman–Crippen LogP) is -0.446. The van der Waals surface area contributed by atoms with Gasteiger partial charge < -0.3 is 15.2 Å². The van der Waals surface area contributed by atoms with Crippen LogP contribution in [0.2, 0.25) is 0 Å². The van der Waals surface area contributed by atoms with Crippen LogP contribution < -0.4 is 5.46 Å². The highest BCUT2D eigenvalue weighted by molar-refractivity contribution is 6.58. The SMILES string of the molecule is CC(C(=O)O)c1ccc(B(O)O)cc1. The van der Waals surface area contributed by atoms with Crippen LogP contribution in [0, 0.1) is 0 Å². The molecule has 0 amide bonds. The molecule has 74 valence electrons. The molecule has 0 aromatic heterocycles. The summed E-state index contributed by atoms with van der Waals surface area (Å²) in [5.41, 5.74) is 0.994. The molecule has 0 aliphatic heterocycles. The Bertz CT molecular complexity index is 320. The zero-order valence-corrected chi connectivity index (χ0v) is 7.71. The lowest BCUT2D eigenvalue weighted by Gasteiger charge is -2.07. The first kappa shape index (κ1) is 10.8. The topological polar surface area (TPSA) is 77.8 Å². The van der Waals surface area contributed by atoms with E-state index in [4.69, 9.17) is 15.2 Å². The first-order valence-electron chi connectivity index (χ1n) is 4.21. The van der Waals surface area contributed by atoms with Gasteiger partial charge in [0.2, 0.25) is 0 Å². The normalized spacial score (nSPS) is 12.2. The van der Waals surface area contributed by atoms with Gasteiger partial charge in [-0.2, -0.15) is 0 Å². The molecule has 1 rings (SSSR count). The summed E-state index contributed by atoms with van der Waals surface area (Å²) in [7, 11) is -1.51. The quantitative estimate of drug-likeness (QED) is 0.569. The molecule has 0 saturated carbocycles. The van der Waals surface area contributed by atoms with E-state index in [1.165, 1.54) is 12.1 Å². The second-order valence-corrected chi connectivity index (χ2v) is 3.10. The lowest BCUT2D eigenvalue weighted by Crippen LogP contribution is -2.29. The van der Waals surface area contributed by atoms with Gasteiger partial charge in [-0.3, -0.25) is 4.79 Å². The third-order valence-electron chi connectivity index (χ3n) is 2.11. The lowest BCUT2D eigenvalue weighted by molar-refractivity contribution is -0.138. The Labute approximate surface area is 82.0 Å². The summed E-state index contributed by atoms with van der Waals surface area (Å²) in [4.78, 5) is 10.6. The van der Waals surface area contributed by atoms with Crippen LogP contribution >= 0.6 is 0 Å². The number of hydrogen-bond acceptors (Lipinski definition) is 3. The van der Waals surface area contributed by atoms with Crippen LogP contribution in [-0.4, -0.2) is 28.2 Å². The highest BCUT2D eigenvalue weighted by Crippen LogP contribution is 2.13. The Morgan fingerprint density at radius 3 is 2.14 bits per heavy atom. The number of carbonyl (C=O) groups is 1. The van der Waals surface area contributed by atoms with Gasteiger partial charge in [0.25, 0.3) is 0 Å². The summed E-state index contributed by atoms with van der Waals surface area (Å²) in [5.74, 6) is -1.48. The van der Waals surface area contributed by atoms with E-state index < -0.39 is 19.0 Å². The Kier molecular flexibility index (Phi) is 3.27. The zero-order valence-electron chi connectivity index (χ0n) is 7.71. The van der Waals surface area contributed by atoms with Crippen LogP contribution in [0.1, 0.15) is 18.4 Å². The van der Waals surface area contributed by atoms with Crippen LogP contribution in [0.3, 0.4) is 0 Å². The maximum Gasteiger partial charge on any atom is 0.488 e. The van der Waals surface area contributed by atoms with Gasteiger partial charge in [0, 0.05) is 0 Å². The smallest absolute Gasteiger partial charge is 0.481 e. The minimum absolute atomic E-state index is 0.353. The maximum absolute atomic E-state index is 10.6. The summed E-state index contributed by atoms with van der Waals surface area (Å²) >= 11 is 0. The molecular formula is C9H11BO4. The third-order valence-corrected chi connectivity index (χ3v) is 2.11. The number of benzene rings is 1. The van der Waals surface area contributed by atoms with Crippen LogP contribution in [0.25, 0.3) is 0 Å². The van der Waals surface area contributed by atoms with Crippen molar-refractivity contribution in [3.05, 3.63) is 29.8 Å². The molecule has 4 nitrogen and oxygen atoms in total. The molecule has 5 heteroatoms. The molecule has 0 aliphatic rings. The number of rotatable bonds is 3. The number of carboxylic acid groups (broad SMARTS) is 1. The highest BCUT2D eigenvalue weighted by Gasteiger charge is 2.15. The van der Waals surface area contributed by atoms with Crippen LogP contribution in [0.5, 0.6) is 0 Å². The van der Waals surface area contributed by atoms with Gasteiger partial charge in [-0.25, -0.2) is 0 Å². The van der Waals surface area contributed by atoms with E-state index in [0.29, 0.717) is 11.0 Å². The summed E-state index contributed by atoms with van der Waals surface area (Å²) in [6, 6.07) is 6.15. The second-order valence-electron chi connectivity index (χ2n) is 3.10. The fraction of sp³-hybridized carbons (Fsp3) is 0.222. The Hall–Kier alpha value is -1.33. The van der Waals surface area contributed by atoms with Crippen molar-refractivity contribution < 1.29 is 19.9 Å². The molecule has 3 N–H and O–H groups in total. The van der Waals surface area contributed by atoms with Crippen molar-refractivity contribution in [2.75, 3.05) is 0 Å². The third kappa shape index (κ3) is 2.34. The van der Waals surface area contributed by atoms with Gasteiger partial charge in [-0.1, -0.05) is 24.3 Å². The molecule has 1 aromatic carbocycles. The van der Waals surface area contributed by atoms with Crippen LogP contribution in [0.15, 0.2) is 24.3 Å². The average Bonchev–Trinajstić information content (AvgIpc) is 2.16. The molecule has 0 heterocycles. The van der Waals surface area contributed by atoms with E-state index in [1.54, 1.807) is 19.1 Å². The molecule has 0 saturated heterocycles. The first-order chi connectivity index (χ1) is 6.52. The van der Waals surface area contributed by atoms with Gasteiger partial charge in [0.1, 0.15) is 0 Å². The molecule has 0 aliphatic carbocycles. The summed E-state index contributed by atoms with van der Waals surface area (Å²) in [6.45, 7) is 1.58. The van der Waals surface area contributed by atoms with E-state index >= 15 is 0 Å². The van der Waals surface area contributed by atoms with Gasteiger partial charge in [0.15, 0.2) is 0 Å². The molecular weight excluding hydrogens is 183 g/mol. The number of carboxylic acids is 1. The maximum atomic E-state index is 10.6. The van der Waals surface area contributed by atoms with Crippen molar-refractivity contribution in [2.45, 2.75) is 12.8 Å². The standard InChI is InChI=1S/C9H11BO4/c1-6(9(11)12)7-2-4-8(5-3-7)10(13)14/h2-6,13-14H,1H3,(H,11,12). The number of hydrogen-bond donors (Lipinski definition) is 3. The van der Waals surface area contributed by atoms with Crippen molar-refractivity contribution in [3.63, 3.8) is 0 Å².